The number of likely N-dealkylation sites (tertiary alicyclic amines) is 1. The summed E-state index contributed by atoms with van der Waals surface area (Å²) in [4.78, 5) is 41.5. The van der Waals surface area contributed by atoms with Gasteiger partial charge in [-0.15, -0.1) is 0 Å². The maximum absolute atomic E-state index is 12.9. The highest BCUT2D eigenvalue weighted by molar-refractivity contribution is 5.79. The van der Waals surface area contributed by atoms with Crippen LogP contribution in [0.1, 0.15) is 49.7 Å². The van der Waals surface area contributed by atoms with Crippen LogP contribution >= 0.6 is 0 Å². The number of carbonyl (C=O) groups is 2. The van der Waals surface area contributed by atoms with Crippen molar-refractivity contribution in [3.8, 4) is 0 Å². The number of H-pyrrole nitrogens is 1. The number of amides is 2. The number of nitrogens with one attached hydrogen (secondary N) is 1. The molecule has 2 aliphatic rings. The van der Waals surface area contributed by atoms with Gasteiger partial charge < -0.3 is 14.8 Å². The van der Waals surface area contributed by atoms with Gasteiger partial charge in [0.25, 0.3) is 0 Å². The van der Waals surface area contributed by atoms with E-state index in [2.05, 4.69) is 15.0 Å². The third kappa shape index (κ3) is 4.04. The Morgan fingerprint density at radius 2 is 2.03 bits per heavy atom. The number of aromatic nitrogens is 3. The second-order valence-electron chi connectivity index (χ2n) is 8.40. The van der Waals surface area contributed by atoms with Crippen LogP contribution in [0.15, 0.2) is 30.9 Å². The van der Waals surface area contributed by atoms with Gasteiger partial charge in [-0.3, -0.25) is 14.6 Å². The van der Waals surface area contributed by atoms with Crippen molar-refractivity contribution in [2.75, 3.05) is 19.6 Å². The molecule has 2 aliphatic heterocycles. The molecule has 7 nitrogen and oxygen atoms in total. The molecule has 0 aromatic carbocycles. The van der Waals surface area contributed by atoms with Crippen LogP contribution in [-0.2, 0) is 22.4 Å². The first-order chi connectivity index (χ1) is 14.0. The predicted octanol–water partition coefficient (Wildman–Crippen LogP) is 2.37. The zero-order valence-electron chi connectivity index (χ0n) is 17.2. The fourth-order valence-corrected chi connectivity index (χ4v) is 4.62. The van der Waals surface area contributed by atoms with Crippen molar-refractivity contribution in [3.05, 3.63) is 47.8 Å². The summed E-state index contributed by atoms with van der Waals surface area (Å²) in [6.07, 6.45) is 8.21. The topological polar surface area (TPSA) is 82.2 Å². The Bertz CT molecular complexity index is 855. The number of hydrogen-bond acceptors (Lipinski definition) is 4. The Kier molecular flexibility index (Phi) is 5.65. The molecular weight excluding hydrogens is 366 g/mol. The maximum atomic E-state index is 12.9. The third-order valence-corrected chi connectivity index (χ3v) is 6.16. The molecule has 2 amide bonds. The van der Waals surface area contributed by atoms with E-state index in [1.165, 1.54) is 0 Å². The van der Waals surface area contributed by atoms with Crippen molar-refractivity contribution in [3.63, 3.8) is 0 Å². The highest BCUT2D eigenvalue weighted by Gasteiger charge is 2.40. The average molecular weight is 396 g/mol. The molecule has 2 aromatic rings. The van der Waals surface area contributed by atoms with Crippen LogP contribution < -0.4 is 0 Å². The van der Waals surface area contributed by atoms with Crippen LogP contribution in [0.3, 0.4) is 0 Å². The number of piperidine rings is 1. The molecule has 4 rings (SSSR count). The Morgan fingerprint density at radius 1 is 1.24 bits per heavy atom. The van der Waals surface area contributed by atoms with Gasteiger partial charge in [-0.25, -0.2) is 4.98 Å². The van der Waals surface area contributed by atoms with Gasteiger partial charge in [-0.1, -0.05) is 19.9 Å². The molecule has 1 fully saturated rings. The molecule has 1 saturated heterocycles. The first-order valence-corrected chi connectivity index (χ1v) is 10.5. The van der Waals surface area contributed by atoms with Gasteiger partial charge in [0.15, 0.2) is 0 Å². The molecule has 0 radical (unpaired) electrons. The van der Waals surface area contributed by atoms with Gasteiger partial charge in [-0.05, 0) is 30.4 Å². The van der Waals surface area contributed by atoms with Crippen LogP contribution in [0.2, 0.25) is 0 Å². The number of carbonyl (C=O) groups excluding carboxylic acids is 2. The van der Waals surface area contributed by atoms with Crippen molar-refractivity contribution >= 4 is 11.8 Å². The molecule has 1 unspecified atom stereocenters. The van der Waals surface area contributed by atoms with E-state index in [-0.39, 0.29) is 23.8 Å². The molecule has 0 spiro atoms. The Balaban J connectivity index is 1.45. The van der Waals surface area contributed by atoms with Crippen LogP contribution in [-0.4, -0.2) is 56.2 Å². The van der Waals surface area contributed by atoms with Crippen molar-refractivity contribution in [1.29, 1.82) is 0 Å². The normalized spacial score (nSPS) is 20.0. The lowest BCUT2D eigenvalue weighted by Gasteiger charge is -2.43. The van der Waals surface area contributed by atoms with Crippen molar-refractivity contribution in [2.45, 2.75) is 45.6 Å². The van der Waals surface area contributed by atoms with E-state index in [0.717, 1.165) is 55.8 Å². The molecule has 4 heterocycles. The van der Waals surface area contributed by atoms with E-state index in [1.807, 2.05) is 35.8 Å². The predicted molar refractivity (Wildman–Crippen MR) is 109 cm³/mol. The van der Waals surface area contributed by atoms with E-state index in [4.69, 9.17) is 0 Å². The Labute approximate surface area is 171 Å². The Hall–Kier alpha value is -2.70. The molecule has 29 heavy (non-hydrogen) atoms. The Morgan fingerprint density at radius 3 is 2.72 bits per heavy atom. The van der Waals surface area contributed by atoms with Gasteiger partial charge in [0, 0.05) is 50.1 Å². The lowest BCUT2D eigenvalue weighted by atomic mass is 9.83. The van der Waals surface area contributed by atoms with Gasteiger partial charge in [0.2, 0.25) is 11.8 Å². The first kappa shape index (κ1) is 19.6. The summed E-state index contributed by atoms with van der Waals surface area (Å²) in [5.41, 5.74) is 3.12. The average Bonchev–Trinajstić information content (AvgIpc) is 3.22. The molecule has 7 heteroatoms. The van der Waals surface area contributed by atoms with E-state index >= 15 is 0 Å². The monoisotopic (exact) mass is 395 g/mol. The number of nitrogens with zero attached hydrogens (tertiary/aromatic N) is 4. The number of aromatic amines is 1. The minimum Gasteiger partial charge on any atom is -0.348 e. The van der Waals surface area contributed by atoms with Gasteiger partial charge >= 0.3 is 0 Å². The summed E-state index contributed by atoms with van der Waals surface area (Å²) >= 11 is 0. The smallest absolute Gasteiger partial charge is 0.227 e. The van der Waals surface area contributed by atoms with E-state index in [9.17, 15) is 9.59 Å². The highest BCUT2D eigenvalue weighted by Crippen LogP contribution is 2.39. The van der Waals surface area contributed by atoms with Crippen molar-refractivity contribution < 1.29 is 9.59 Å². The number of hydrogen-bond donors (Lipinski definition) is 1. The number of rotatable bonds is 4. The lowest BCUT2D eigenvalue weighted by Crippen LogP contribution is -2.48. The summed E-state index contributed by atoms with van der Waals surface area (Å²) < 4.78 is 0. The van der Waals surface area contributed by atoms with Crippen LogP contribution in [0, 0.1) is 11.8 Å². The first-order valence-electron chi connectivity index (χ1n) is 10.5. The van der Waals surface area contributed by atoms with E-state index < -0.39 is 0 Å². The van der Waals surface area contributed by atoms with E-state index in [1.54, 1.807) is 18.7 Å². The molecule has 1 N–H and O–H groups in total. The van der Waals surface area contributed by atoms with Crippen molar-refractivity contribution in [2.24, 2.45) is 11.8 Å². The van der Waals surface area contributed by atoms with Gasteiger partial charge in [-0.2, -0.15) is 0 Å². The SMILES string of the molecule is CC(C)C(=O)N1CCc2[nH]cnc2C1C1CCN(C(=O)Cc2cccnc2)CC1. The molecule has 154 valence electrons. The second-order valence-corrected chi connectivity index (χ2v) is 8.40. The molecule has 0 aliphatic carbocycles. The zero-order valence-corrected chi connectivity index (χ0v) is 17.2. The minimum absolute atomic E-state index is 0.00970. The highest BCUT2D eigenvalue weighted by atomic mass is 16.2. The van der Waals surface area contributed by atoms with Gasteiger partial charge in [0.1, 0.15) is 0 Å². The minimum atomic E-state index is -0.0286. The van der Waals surface area contributed by atoms with E-state index in [0.29, 0.717) is 12.3 Å². The standard InChI is InChI=1S/C22H29N5O2/c1-15(2)22(29)27-11-7-18-20(25-14-24-18)21(27)17-5-9-26(10-6-17)19(28)12-16-4-3-8-23-13-16/h3-4,8,13-15,17,21H,5-7,9-12H2,1-2H3,(H,24,25). The summed E-state index contributed by atoms with van der Waals surface area (Å²) in [5, 5.41) is 0. The maximum Gasteiger partial charge on any atom is 0.227 e. The van der Waals surface area contributed by atoms with Crippen molar-refractivity contribution in [1.82, 2.24) is 24.8 Å². The summed E-state index contributed by atoms with van der Waals surface area (Å²) in [6.45, 7) is 6.10. The summed E-state index contributed by atoms with van der Waals surface area (Å²) in [5.74, 6) is 0.635. The number of fused-ring (bicyclic) bond motifs is 1. The second kappa shape index (κ2) is 8.35. The number of pyridine rings is 1. The van der Waals surface area contributed by atoms with Crippen LogP contribution in [0.25, 0.3) is 0 Å². The third-order valence-electron chi connectivity index (χ3n) is 6.16. The summed E-state index contributed by atoms with van der Waals surface area (Å²) in [7, 11) is 0. The fourth-order valence-electron chi connectivity index (χ4n) is 4.62. The van der Waals surface area contributed by atoms with Crippen LogP contribution in [0.4, 0.5) is 0 Å². The quantitative estimate of drug-likeness (QED) is 0.862. The molecule has 0 bridgehead atoms. The molecule has 2 aromatic heterocycles. The summed E-state index contributed by atoms with van der Waals surface area (Å²) in [6, 6.07) is 3.81. The fraction of sp³-hybridized carbons (Fsp3) is 0.545. The molecule has 1 atom stereocenters. The zero-order chi connectivity index (χ0) is 20.4. The van der Waals surface area contributed by atoms with Crippen LogP contribution in [0.5, 0.6) is 0 Å². The largest absolute Gasteiger partial charge is 0.348 e. The van der Waals surface area contributed by atoms with Gasteiger partial charge in [0.05, 0.1) is 24.5 Å². The molecule has 0 saturated carbocycles. The number of imidazole rings is 1. The molecular formula is C22H29N5O2. The lowest BCUT2D eigenvalue weighted by molar-refractivity contribution is -0.140.